The summed E-state index contributed by atoms with van der Waals surface area (Å²) in [6.45, 7) is 7.95. The van der Waals surface area contributed by atoms with E-state index in [4.69, 9.17) is 4.74 Å². The lowest BCUT2D eigenvalue weighted by Gasteiger charge is -2.21. The van der Waals surface area contributed by atoms with Crippen LogP contribution in [0.25, 0.3) is 0 Å². The first-order valence-electron chi connectivity index (χ1n) is 7.17. The van der Waals surface area contributed by atoms with Crippen molar-refractivity contribution in [1.29, 1.82) is 0 Å². The molecule has 0 saturated carbocycles. The quantitative estimate of drug-likeness (QED) is 0.781. The molecule has 1 unspecified atom stereocenters. The molecule has 0 aromatic heterocycles. The third kappa shape index (κ3) is 3.72. The van der Waals surface area contributed by atoms with Crippen LogP contribution in [0.3, 0.4) is 0 Å². The Kier molecular flexibility index (Phi) is 4.78. The second-order valence-electron chi connectivity index (χ2n) is 5.64. The minimum absolute atomic E-state index is 0.0586. The van der Waals surface area contributed by atoms with Crippen molar-refractivity contribution in [2.24, 2.45) is 5.92 Å². The molecule has 0 bridgehead atoms. The molecule has 4 nitrogen and oxygen atoms in total. The molecule has 2 rings (SSSR count). The van der Waals surface area contributed by atoms with Crippen LogP contribution in [0, 0.1) is 5.92 Å². The maximum absolute atomic E-state index is 12.4. The summed E-state index contributed by atoms with van der Waals surface area (Å²) in [6.07, 6.45) is 0.380. The van der Waals surface area contributed by atoms with Crippen molar-refractivity contribution in [3.05, 3.63) is 48.0 Å². The van der Waals surface area contributed by atoms with Crippen molar-refractivity contribution in [1.82, 2.24) is 4.90 Å². The number of rotatable bonds is 5. The normalized spacial score (nSPS) is 19.2. The van der Waals surface area contributed by atoms with Gasteiger partial charge in [0.05, 0.1) is 6.04 Å². The van der Waals surface area contributed by atoms with Crippen LogP contribution in [0.5, 0.6) is 0 Å². The Labute approximate surface area is 125 Å². The van der Waals surface area contributed by atoms with Gasteiger partial charge in [0.25, 0.3) is 0 Å². The summed E-state index contributed by atoms with van der Waals surface area (Å²) in [6, 6.07) is 9.59. The smallest absolute Gasteiger partial charge is 0.416 e. The van der Waals surface area contributed by atoms with Crippen molar-refractivity contribution < 1.29 is 14.3 Å². The molecule has 21 heavy (non-hydrogen) atoms. The van der Waals surface area contributed by atoms with E-state index in [1.54, 1.807) is 0 Å². The molecule has 0 N–H and O–H groups in total. The summed E-state index contributed by atoms with van der Waals surface area (Å²) in [5, 5.41) is 0. The molecule has 1 aliphatic heterocycles. The Balaban J connectivity index is 2.06. The number of amides is 2. The standard InChI is InChI=1S/C17H21NO3/c1-12(2)13(3)9-16(19)18-15(11-21-17(18)20)10-14-7-5-4-6-8-14/h4-8,13,15H,1,9-11H2,2-3H3/t13?,15-/m0/s1. The van der Waals surface area contributed by atoms with Gasteiger partial charge in [-0.05, 0) is 24.8 Å². The summed E-state index contributed by atoms with van der Waals surface area (Å²) in [5.41, 5.74) is 2.03. The molecule has 1 aromatic carbocycles. The van der Waals surface area contributed by atoms with Crippen LogP contribution >= 0.6 is 0 Å². The van der Waals surface area contributed by atoms with Gasteiger partial charge in [0.1, 0.15) is 6.61 Å². The van der Waals surface area contributed by atoms with Crippen LogP contribution in [0.15, 0.2) is 42.5 Å². The molecule has 1 aliphatic rings. The molecule has 2 amide bonds. The lowest BCUT2D eigenvalue weighted by Crippen LogP contribution is -2.40. The highest BCUT2D eigenvalue weighted by molar-refractivity contribution is 5.93. The highest BCUT2D eigenvalue weighted by Gasteiger charge is 2.37. The van der Waals surface area contributed by atoms with Crippen molar-refractivity contribution in [2.45, 2.75) is 32.7 Å². The molecule has 1 heterocycles. The van der Waals surface area contributed by atoms with Gasteiger partial charge in [-0.15, -0.1) is 0 Å². The highest BCUT2D eigenvalue weighted by Crippen LogP contribution is 2.21. The van der Waals surface area contributed by atoms with Gasteiger partial charge >= 0.3 is 6.09 Å². The minimum Gasteiger partial charge on any atom is -0.447 e. The summed E-state index contributed by atoms with van der Waals surface area (Å²) in [4.78, 5) is 25.5. The second-order valence-corrected chi connectivity index (χ2v) is 5.64. The number of allylic oxidation sites excluding steroid dienone is 1. The zero-order valence-corrected chi connectivity index (χ0v) is 12.5. The van der Waals surface area contributed by atoms with Gasteiger partial charge in [0.15, 0.2) is 0 Å². The topological polar surface area (TPSA) is 46.6 Å². The van der Waals surface area contributed by atoms with E-state index in [2.05, 4.69) is 6.58 Å². The first kappa shape index (κ1) is 15.3. The Morgan fingerprint density at radius 3 is 2.71 bits per heavy atom. The third-order valence-corrected chi connectivity index (χ3v) is 3.87. The zero-order valence-electron chi connectivity index (χ0n) is 12.5. The van der Waals surface area contributed by atoms with Crippen LogP contribution in [-0.2, 0) is 16.0 Å². The molecular formula is C17H21NO3. The monoisotopic (exact) mass is 287 g/mol. The number of imide groups is 1. The number of nitrogens with zero attached hydrogens (tertiary/aromatic N) is 1. The fourth-order valence-electron chi connectivity index (χ4n) is 2.34. The summed E-state index contributed by atoms with van der Waals surface area (Å²) in [5.74, 6) is -0.128. The Morgan fingerprint density at radius 1 is 1.43 bits per heavy atom. The first-order chi connectivity index (χ1) is 9.99. The van der Waals surface area contributed by atoms with Crippen molar-refractivity contribution in [3.63, 3.8) is 0 Å². The molecular weight excluding hydrogens is 266 g/mol. The Bertz CT molecular complexity index is 538. The molecule has 0 aliphatic carbocycles. The SMILES string of the molecule is C=C(C)C(C)CC(=O)N1C(=O)OC[C@@H]1Cc1ccccc1. The molecule has 2 atom stereocenters. The molecule has 4 heteroatoms. The second kappa shape index (κ2) is 6.57. The zero-order chi connectivity index (χ0) is 15.4. The average Bonchev–Trinajstić information content (AvgIpc) is 2.80. The predicted octanol–water partition coefficient (Wildman–Crippen LogP) is 3.18. The average molecular weight is 287 g/mol. The van der Waals surface area contributed by atoms with E-state index in [0.29, 0.717) is 6.42 Å². The van der Waals surface area contributed by atoms with E-state index in [0.717, 1.165) is 11.1 Å². The van der Waals surface area contributed by atoms with Crippen LogP contribution < -0.4 is 0 Å². The van der Waals surface area contributed by atoms with Crippen molar-refractivity contribution in [2.75, 3.05) is 6.61 Å². The van der Waals surface area contributed by atoms with E-state index in [1.807, 2.05) is 44.2 Å². The van der Waals surface area contributed by atoms with Crippen LogP contribution in [0.4, 0.5) is 4.79 Å². The van der Waals surface area contributed by atoms with Gasteiger partial charge in [-0.2, -0.15) is 0 Å². The van der Waals surface area contributed by atoms with Crippen molar-refractivity contribution in [3.8, 4) is 0 Å². The van der Waals surface area contributed by atoms with Gasteiger partial charge < -0.3 is 4.74 Å². The van der Waals surface area contributed by atoms with Gasteiger partial charge in [-0.1, -0.05) is 49.4 Å². The lowest BCUT2D eigenvalue weighted by molar-refractivity contribution is -0.129. The number of hydrogen-bond donors (Lipinski definition) is 0. The summed E-state index contributed by atoms with van der Waals surface area (Å²) < 4.78 is 5.06. The van der Waals surface area contributed by atoms with E-state index >= 15 is 0 Å². The number of hydrogen-bond acceptors (Lipinski definition) is 3. The van der Waals surface area contributed by atoms with Crippen molar-refractivity contribution >= 4 is 12.0 Å². The van der Waals surface area contributed by atoms with E-state index < -0.39 is 6.09 Å². The first-order valence-corrected chi connectivity index (χ1v) is 7.17. The summed E-state index contributed by atoms with van der Waals surface area (Å²) in [7, 11) is 0. The van der Waals surface area contributed by atoms with E-state index in [-0.39, 0.29) is 30.9 Å². The van der Waals surface area contributed by atoms with Gasteiger partial charge in [0.2, 0.25) is 5.91 Å². The van der Waals surface area contributed by atoms with Gasteiger partial charge in [-0.3, -0.25) is 4.79 Å². The van der Waals surface area contributed by atoms with E-state index in [9.17, 15) is 9.59 Å². The van der Waals surface area contributed by atoms with Crippen LogP contribution in [0.2, 0.25) is 0 Å². The maximum atomic E-state index is 12.4. The minimum atomic E-state index is -0.533. The molecule has 0 radical (unpaired) electrons. The largest absolute Gasteiger partial charge is 0.447 e. The van der Waals surface area contributed by atoms with E-state index in [1.165, 1.54) is 4.90 Å². The van der Waals surface area contributed by atoms with Crippen LogP contribution in [-0.4, -0.2) is 29.5 Å². The molecule has 1 aromatic rings. The van der Waals surface area contributed by atoms with Crippen LogP contribution in [0.1, 0.15) is 25.8 Å². The number of ether oxygens (including phenoxy) is 1. The molecule has 1 saturated heterocycles. The number of carbonyl (C=O) groups excluding carboxylic acids is 2. The third-order valence-electron chi connectivity index (χ3n) is 3.87. The number of benzene rings is 1. The molecule has 1 fully saturated rings. The molecule has 112 valence electrons. The predicted molar refractivity (Wildman–Crippen MR) is 80.7 cm³/mol. The maximum Gasteiger partial charge on any atom is 0.416 e. The lowest BCUT2D eigenvalue weighted by atomic mass is 9.99. The number of carbonyl (C=O) groups is 2. The fraction of sp³-hybridized carbons (Fsp3) is 0.412. The van der Waals surface area contributed by atoms with Gasteiger partial charge in [-0.25, -0.2) is 9.69 Å². The highest BCUT2D eigenvalue weighted by atomic mass is 16.6. The Hall–Kier alpha value is -2.10. The summed E-state index contributed by atoms with van der Waals surface area (Å²) >= 11 is 0. The van der Waals surface area contributed by atoms with Gasteiger partial charge in [0, 0.05) is 6.42 Å². The number of cyclic esters (lactones) is 1. The fourth-order valence-corrected chi connectivity index (χ4v) is 2.34. The Morgan fingerprint density at radius 2 is 2.10 bits per heavy atom. The molecule has 0 spiro atoms.